The highest BCUT2D eigenvalue weighted by Crippen LogP contribution is 2.36. The SMILES string of the molecule is CCN(c1cc(F)cc(F)c1)C1CN(C(c2ccc(Cl)cc2)c2ccc(Cl)cc2)C1. The van der Waals surface area contributed by atoms with E-state index in [4.69, 9.17) is 23.2 Å². The van der Waals surface area contributed by atoms with E-state index in [1.165, 1.54) is 12.1 Å². The molecule has 3 aromatic rings. The van der Waals surface area contributed by atoms with E-state index in [2.05, 4.69) is 9.80 Å². The lowest BCUT2D eigenvalue weighted by Crippen LogP contribution is -2.60. The number of nitrogens with zero attached hydrogens (tertiary/aromatic N) is 2. The fourth-order valence-electron chi connectivity index (χ4n) is 4.16. The monoisotopic (exact) mass is 446 g/mol. The van der Waals surface area contributed by atoms with Crippen molar-refractivity contribution in [3.63, 3.8) is 0 Å². The second kappa shape index (κ2) is 8.93. The summed E-state index contributed by atoms with van der Waals surface area (Å²) in [6, 6.07) is 19.6. The highest BCUT2D eigenvalue weighted by atomic mass is 35.5. The molecule has 0 aromatic heterocycles. The summed E-state index contributed by atoms with van der Waals surface area (Å²) in [5.41, 5.74) is 2.86. The first kappa shape index (κ1) is 21.1. The minimum absolute atomic E-state index is 0.0544. The molecule has 30 heavy (non-hydrogen) atoms. The molecule has 1 heterocycles. The van der Waals surface area contributed by atoms with Crippen molar-refractivity contribution in [1.82, 2.24) is 4.90 Å². The van der Waals surface area contributed by atoms with E-state index in [-0.39, 0.29) is 12.1 Å². The number of likely N-dealkylation sites (N-methyl/N-ethyl adjacent to an activating group) is 1. The standard InChI is InChI=1S/C24H22Cl2F2N2/c1-2-30(22-12-20(27)11-21(28)13-22)23-14-29(15-23)24(16-3-7-18(25)8-4-16)17-5-9-19(26)10-6-17/h3-13,23-24H,2,14-15H2,1H3. The molecule has 4 rings (SSSR count). The van der Waals surface area contributed by atoms with Crippen molar-refractivity contribution in [3.8, 4) is 0 Å². The molecular weight excluding hydrogens is 425 g/mol. The van der Waals surface area contributed by atoms with Crippen LogP contribution < -0.4 is 4.90 Å². The van der Waals surface area contributed by atoms with Crippen molar-refractivity contribution in [2.24, 2.45) is 0 Å². The molecule has 2 nitrogen and oxygen atoms in total. The van der Waals surface area contributed by atoms with Crippen molar-refractivity contribution in [2.75, 3.05) is 24.5 Å². The van der Waals surface area contributed by atoms with E-state index in [9.17, 15) is 8.78 Å². The van der Waals surface area contributed by atoms with E-state index in [1.54, 1.807) is 0 Å². The molecular formula is C24H22Cl2F2N2. The maximum absolute atomic E-state index is 13.7. The lowest BCUT2D eigenvalue weighted by Gasteiger charge is -2.49. The Balaban J connectivity index is 1.58. The second-order valence-corrected chi connectivity index (χ2v) is 8.40. The van der Waals surface area contributed by atoms with Crippen LogP contribution in [0.5, 0.6) is 0 Å². The summed E-state index contributed by atoms with van der Waals surface area (Å²) >= 11 is 12.2. The zero-order chi connectivity index (χ0) is 21.3. The molecule has 0 unspecified atom stereocenters. The number of hydrogen-bond donors (Lipinski definition) is 0. The van der Waals surface area contributed by atoms with Gasteiger partial charge < -0.3 is 4.90 Å². The summed E-state index contributed by atoms with van der Waals surface area (Å²) in [6.07, 6.45) is 0. The van der Waals surface area contributed by atoms with Gasteiger partial charge in [-0.25, -0.2) is 8.78 Å². The summed E-state index contributed by atoms with van der Waals surface area (Å²) in [6.45, 7) is 4.24. The van der Waals surface area contributed by atoms with Crippen LogP contribution in [0, 0.1) is 11.6 Å². The van der Waals surface area contributed by atoms with Gasteiger partial charge in [-0.05, 0) is 54.4 Å². The van der Waals surface area contributed by atoms with Gasteiger partial charge in [0.1, 0.15) is 11.6 Å². The van der Waals surface area contributed by atoms with Gasteiger partial charge in [0.25, 0.3) is 0 Å². The van der Waals surface area contributed by atoms with Crippen LogP contribution in [0.25, 0.3) is 0 Å². The third-order valence-electron chi connectivity index (χ3n) is 5.59. The Morgan fingerprint density at radius 2 is 1.33 bits per heavy atom. The van der Waals surface area contributed by atoms with Crippen LogP contribution in [0.1, 0.15) is 24.1 Å². The third kappa shape index (κ3) is 4.46. The van der Waals surface area contributed by atoms with Gasteiger partial charge in [0.15, 0.2) is 0 Å². The summed E-state index contributed by atoms with van der Waals surface area (Å²) in [5.74, 6) is -1.11. The predicted octanol–water partition coefficient (Wildman–Crippen LogP) is 6.57. The van der Waals surface area contributed by atoms with Crippen molar-refractivity contribution in [1.29, 1.82) is 0 Å². The van der Waals surface area contributed by atoms with Crippen LogP contribution in [0.15, 0.2) is 66.7 Å². The van der Waals surface area contributed by atoms with Crippen LogP contribution in [-0.4, -0.2) is 30.6 Å². The quantitative estimate of drug-likeness (QED) is 0.422. The summed E-state index contributed by atoms with van der Waals surface area (Å²) in [7, 11) is 0. The average molecular weight is 447 g/mol. The Labute approximate surface area is 185 Å². The molecule has 0 spiro atoms. The first-order valence-corrected chi connectivity index (χ1v) is 10.7. The van der Waals surface area contributed by atoms with Crippen molar-refractivity contribution in [3.05, 3.63) is 99.5 Å². The van der Waals surface area contributed by atoms with Crippen LogP contribution in [0.4, 0.5) is 14.5 Å². The number of likely N-dealkylation sites (tertiary alicyclic amines) is 1. The third-order valence-corrected chi connectivity index (χ3v) is 6.09. The van der Waals surface area contributed by atoms with E-state index < -0.39 is 11.6 Å². The lowest BCUT2D eigenvalue weighted by molar-refractivity contribution is 0.109. The topological polar surface area (TPSA) is 6.48 Å². The molecule has 1 aliphatic heterocycles. The first-order chi connectivity index (χ1) is 14.4. The highest BCUT2D eigenvalue weighted by molar-refractivity contribution is 6.30. The first-order valence-electron chi connectivity index (χ1n) is 9.92. The average Bonchev–Trinajstić information content (AvgIpc) is 2.68. The molecule has 0 amide bonds. The normalized spacial score (nSPS) is 14.7. The molecule has 156 valence electrons. The van der Waals surface area contributed by atoms with Gasteiger partial charge in [-0.1, -0.05) is 47.5 Å². The Morgan fingerprint density at radius 1 is 0.867 bits per heavy atom. The maximum atomic E-state index is 13.7. The molecule has 0 aliphatic carbocycles. The number of hydrogen-bond acceptors (Lipinski definition) is 2. The number of halogens is 4. The largest absolute Gasteiger partial charge is 0.366 e. The Bertz CT molecular complexity index is 937. The fraction of sp³-hybridized carbons (Fsp3) is 0.250. The van der Waals surface area contributed by atoms with Crippen LogP contribution in [0.3, 0.4) is 0 Å². The van der Waals surface area contributed by atoms with Crippen molar-refractivity contribution >= 4 is 28.9 Å². The van der Waals surface area contributed by atoms with Gasteiger partial charge in [-0.15, -0.1) is 0 Å². The Hall–Kier alpha value is -2.14. The van der Waals surface area contributed by atoms with Gasteiger partial charge >= 0.3 is 0 Å². The lowest BCUT2D eigenvalue weighted by atomic mass is 9.92. The molecule has 0 radical (unpaired) electrons. The van der Waals surface area contributed by atoms with Gasteiger partial charge in [-0.2, -0.15) is 0 Å². The fourth-order valence-corrected chi connectivity index (χ4v) is 4.41. The molecule has 6 heteroatoms. The minimum atomic E-state index is -0.556. The smallest absolute Gasteiger partial charge is 0.128 e. The Kier molecular flexibility index (Phi) is 6.28. The van der Waals surface area contributed by atoms with Crippen LogP contribution in [0.2, 0.25) is 10.0 Å². The Morgan fingerprint density at radius 3 is 1.77 bits per heavy atom. The van der Waals surface area contributed by atoms with Gasteiger partial charge in [-0.3, -0.25) is 4.90 Å². The zero-order valence-electron chi connectivity index (χ0n) is 16.5. The van der Waals surface area contributed by atoms with Gasteiger partial charge in [0.2, 0.25) is 0 Å². The summed E-state index contributed by atoms with van der Waals surface area (Å²) < 4.78 is 27.4. The van der Waals surface area contributed by atoms with Crippen molar-refractivity contribution in [2.45, 2.75) is 19.0 Å². The van der Waals surface area contributed by atoms with Crippen LogP contribution >= 0.6 is 23.2 Å². The molecule has 0 saturated carbocycles. The highest BCUT2D eigenvalue weighted by Gasteiger charge is 2.37. The second-order valence-electron chi connectivity index (χ2n) is 7.53. The minimum Gasteiger partial charge on any atom is -0.366 e. The van der Waals surface area contributed by atoms with E-state index in [1.807, 2.05) is 55.5 Å². The maximum Gasteiger partial charge on any atom is 0.128 e. The number of benzene rings is 3. The molecule has 1 fully saturated rings. The van der Waals surface area contributed by atoms with E-state index in [0.29, 0.717) is 22.3 Å². The zero-order valence-corrected chi connectivity index (χ0v) is 18.0. The van der Waals surface area contributed by atoms with E-state index >= 15 is 0 Å². The number of anilines is 1. The van der Waals surface area contributed by atoms with Crippen molar-refractivity contribution < 1.29 is 8.78 Å². The predicted molar refractivity (Wildman–Crippen MR) is 119 cm³/mol. The van der Waals surface area contributed by atoms with Gasteiger partial charge in [0.05, 0.1) is 12.1 Å². The molecule has 0 atom stereocenters. The van der Waals surface area contributed by atoms with E-state index in [0.717, 1.165) is 30.3 Å². The molecule has 1 saturated heterocycles. The van der Waals surface area contributed by atoms with Gasteiger partial charge in [0, 0.05) is 41.4 Å². The summed E-state index contributed by atoms with van der Waals surface area (Å²) in [5, 5.41) is 1.39. The number of rotatable bonds is 6. The molecule has 1 aliphatic rings. The van der Waals surface area contributed by atoms with Crippen LogP contribution in [-0.2, 0) is 0 Å². The molecule has 3 aromatic carbocycles. The molecule has 0 N–H and O–H groups in total. The molecule has 0 bridgehead atoms. The summed E-state index contributed by atoms with van der Waals surface area (Å²) in [4.78, 5) is 4.42.